The Bertz CT molecular complexity index is 410. The Hall–Kier alpha value is -1.27. The Kier molecular flexibility index (Phi) is 4.08. The van der Waals surface area contributed by atoms with Crippen LogP contribution in [0.1, 0.15) is 32.0 Å². The average molecular weight is 252 g/mol. The third-order valence-electron chi connectivity index (χ3n) is 3.39. The summed E-state index contributed by atoms with van der Waals surface area (Å²) in [5.41, 5.74) is 5.41. The predicted octanol–water partition coefficient (Wildman–Crippen LogP) is 0.308. The number of aryl methyl sites for hydroxylation is 1. The quantitative estimate of drug-likeness (QED) is 0.815. The molecule has 1 aliphatic heterocycles. The largest absolute Gasteiger partial charge is 0.381 e. The van der Waals surface area contributed by atoms with Crippen LogP contribution in [0.15, 0.2) is 6.33 Å². The lowest BCUT2D eigenvalue weighted by Crippen LogP contribution is -2.52. The molecule has 1 fully saturated rings. The number of ether oxygens (including phenoxy) is 1. The van der Waals surface area contributed by atoms with Crippen LogP contribution in [0, 0.1) is 0 Å². The highest BCUT2D eigenvalue weighted by molar-refractivity contribution is 5.89. The molecule has 0 atom stereocenters. The zero-order valence-corrected chi connectivity index (χ0v) is 10.8. The molecule has 1 aliphatic rings. The molecule has 0 aromatic carbocycles. The zero-order chi connectivity index (χ0) is 13.0. The van der Waals surface area contributed by atoms with E-state index < -0.39 is 5.54 Å². The van der Waals surface area contributed by atoms with Gasteiger partial charge in [-0.15, -0.1) is 0 Å². The van der Waals surface area contributed by atoms with Gasteiger partial charge in [-0.05, 0) is 19.3 Å². The topological polar surface area (TPSA) is 83.0 Å². The number of rotatable bonds is 5. The maximum Gasteiger partial charge on any atom is 0.160 e. The summed E-state index contributed by atoms with van der Waals surface area (Å²) in [5.74, 6) is 0.745. The van der Waals surface area contributed by atoms with Gasteiger partial charge in [-0.1, -0.05) is 6.92 Å². The molecule has 2 rings (SSSR count). The minimum absolute atomic E-state index is 0.0381. The summed E-state index contributed by atoms with van der Waals surface area (Å²) in [6, 6.07) is 0. The van der Waals surface area contributed by atoms with Crippen molar-refractivity contribution in [3.63, 3.8) is 0 Å². The standard InChI is InChI=1S/C12H20N4O2/c1-2-5-16-11(14-9-15-16)8-10(17)12(13)3-6-18-7-4-12/h9H,2-8,13H2,1H3. The van der Waals surface area contributed by atoms with Crippen LogP contribution in [0.3, 0.4) is 0 Å². The van der Waals surface area contributed by atoms with Crippen LogP contribution in [0.2, 0.25) is 0 Å². The highest BCUT2D eigenvalue weighted by Crippen LogP contribution is 2.20. The van der Waals surface area contributed by atoms with E-state index in [0.717, 1.165) is 13.0 Å². The van der Waals surface area contributed by atoms with Crippen molar-refractivity contribution in [3.05, 3.63) is 12.2 Å². The molecule has 100 valence electrons. The van der Waals surface area contributed by atoms with Crippen molar-refractivity contribution < 1.29 is 9.53 Å². The van der Waals surface area contributed by atoms with E-state index in [-0.39, 0.29) is 12.2 Å². The molecule has 1 aromatic rings. The number of carbonyl (C=O) groups excluding carboxylic acids is 1. The summed E-state index contributed by atoms with van der Waals surface area (Å²) in [5, 5.41) is 4.11. The zero-order valence-electron chi connectivity index (χ0n) is 10.8. The monoisotopic (exact) mass is 252 g/mol. The molecule has 1 aromatic heterocycles. The van der Waals surface area contributed by atoms with Crippen molar-refractivity contribution in [1.82, 2.24) is 14.8 Å². The second kappa shape index (κ2) is 5.58. The summed E-state index contributed by atoms with van der Waals surface area (Å²) in [4.78, 5) is 16.4. The number of hydrogen-bond donors (Lipinski definition) is 1. The van der Waals surface area contributed by atoms with E-state index in [1.54, 1.807) is 4.68 Å². The van der Waals surface area contributed by atoms with Gasteiger partial charge in [0.2, 0.25) is 0 Å². The molecule has 0 unspecified atom stereocenters. The van der Waals surface area contributed by atoms with E-state index in [9.17, 15) is 4.79 Å². The van der Waals surface area contributed by atoms with E-state index in [2.05, 4.69) is 17.0 Å². The van der Waals surface area contributed by atoms with E-state index >= 15 is 0 Å². The number of nitrogens with zero attached hydrogens (tertiary/aromatic N) is 3. The Labute approximate surface area is 107 Å². The predicted molar refractivity (Wildman–Crippen MR) is 66.0 cm³/mol. The lowest BCUT2D eigenvalue weighted by Gasteiger charge is -2.31. The Morgan fingerprint density at radius 2 is 2.28 bits per heavy atom. The molecule has 0 bridgehead atoms. The van der Waals surface area contributed by atoms with Gasteiger partial charge >= 0.3 is 0 Å². The van der Waals surface area contributed by atoms with Gasteiger partial charge in [0.1, 0.15) is 12.2 Å². The number of ketones is 1. The molecular formula is C12H20N4O2. The molecule has 18 heavy (non-hydrogen) atoms. The average Bonchev–Trinajstić information content (AvgIpc) is 2.78. The highest BCUT2D eigenvalue weighted by atomic mass is 16.5. The third-order valence-corrected chi connectivity index (χ3v) is 3.39. The smallest absolute Gasteiger partial charge is 0.160 e. The van der Waals surface area contributed by atoms with Crippen LogP contribution >= 0.6 is 0 Å². The highest BCUT2D eigenvalue weighted by Gasteiger charge is 2.36. The summed E-state index contributed by atoms with van der Waals surface area (Å²) in [7, 11) is 0. The molecule has 2 N–H and O–H groups in total. The van der Waals surface area contributed by atoms with Crippen molar-refractivity contribution in [3.8, 4) is 0 Å². The van der Waals surface area contributed by atoms with Crippen molar-refractivity contribution in [2.45, 2.75) is 44.7 Å². The lowest BCUT2D eigenvalue weighted by atomic mass is 9.85. The second-order valence-corrected chi connectivity index (χ2v) is 4.77. The minimum Gasteiger partial charge on any atom is -0.381 e. The summed E-state index contributed by atoms with van der Waals surface area (Å²) in [6.07, 6.45) is 3.90. The van der Waals surface area contributed by atoms with Crippen LogP contribution < -0.4 is 5.73 Å². The van der Waals surface area contributed by atoms with Crippen molar-refractivity contribution in [2.24, 2.45) is 5.73 Å². The molecule has 0 aliphatic carbocycles. The van der Waals surface area contributed by atoms with Gasteiger partial charge in [0.15, 0.2) is 5.78 Å². The summed E-state index contributed by atoms with van der Waals surface area (Å²) in [6.45, 7) is 3.97. The van der Waals surface area contributed by atoms with Gasteiger partial charge in [0.25, 0.3) is 0 Å². The van der Waals surface area contributed by atoms with E-state index in [1.807, 2.05) is 0 Å². The Morgan fingerprint density at radius 3 is 2.94 bits per heavy atom. The number of hydrogen-bond acceptors (Lipinski definition) is 5. The van der Waals surface area contributed by atoms with E-state index in [0.29, 0.717) is 31.9 Å². The van der Waals surface area contributed by atoms with Gasteiger partial charge in [-0.3, -0.25) is 4.79 Å². The van der Waals surface area contributed by atoms with Gasteiger partial charge in [-0.25, -0.2) is 9.67 Å². The van der Waals surface area contributed by atoms with Crippen molar-refractivity contribution in [1.29, 1.82) is 0 Å². The van der Waals surface area contributed by atoms with E-state index in [1.165, 1.54) is 6.33 Å². The van der Waals surface area contributed by atoms with E-state index in [4.69, 9.17) is 10.5 Å². The molecule has 0 radical (unpaired) electrons. The van der Waals surface area contributed by atoms with Gasteiger partial charge in [-0.2, -0.15) is 5.10 Å². The fourth-order valence-corrected chi connectivity index (χ4v) is 2.16. The molecule has 0 amide bonds. The number of aromatic nitrogens is 3. The van der Waals surface area contributed by atoms with Crippen LogP contribution in [-0.2, 0) is 22.5 Å². The molecule has 6 nitrogen and oxygen atoms in total. The van der Waals surface area contributed by atoms with Gasteiger partial charge in [0.05, 0.1) is 12.0 Å². The van der Waals surface area contributed by atoms with Crippen molar-refractivity contribution >= 4 is 5.78 Å². The Morgan fingerprint density at radius 1 is 1.56 bits per heavy atom. The fraction of sp³-hybridized carbons (Fsp3) is 0.750. The van der Waals surface area contributed by atoms with Gasteiger partial charge < -0.3 is 10.5 Å². The van der Waals surface area contributed by atoms with Gasteiger partial charge in [0, 0.05) is 19.8 Å². The second-order valence-electron chi connectivity index (χ2n) is 4.77. The normalized spacial score (nSPS) is 18.8. The molecule has 0 saturated carbocycles. The maximum absolute atomic E-state index is 12.3. The molecule has 1 saturated heterocycles. The first-order valence-electron chi connectivity index (χ1n) is 6.42. The molecule has 0 spiro atoms. The van der Waals surface area contributed by atoms with Crippen molar-refractivity contribution in [2.75, 3.05) is 13.2 Å². The molecule has 6 heteroatoms. The molecule has 2 heterocycles. The Balaban J connectivity index is 2.03. The first-order chi connectivity index (χ1) is 8.65. The van der Waals surface area contributed by atoms with Crippen LogP contribution in [0.5, 0.6) is 0 Å². The third kappa shape index (κ3) is 2.76. The first kappa shape index (κ1) is 13.2. The summed E-state index contributed by atoms with van der Waals surface area (Å²) < 4.78 is 7.03. The fourth-order valence-electron chi connectivity index (χ4n) is 2.16. The van der Waals surface area contributed by atoms with Crippen LogP contribution in [-0.4, -0.2) is 39.3 Å². The SMILES string of the molecule is CCCn1ncnc1CC(=O)C1(N)CCOCC1. The van der Waals surface area contributed by atoms with Crippen LogP contribution in [0.25, 0.3) is 0 Å². The lowest BCUT2D eigenvalue weighted by molar-refractivity contribution is -0.127. The number of carbonyl (C=O) groups is 1. The number of nitrogens with two attached hydrogens (primary N) is 1. The molecular weight excluding hydrogens is 232 g/mol. The minimum atomic E-state index is -0.749. The maximum atomic E-state index is 12.3. The first-order valence-corrected chi connectivity index (χ1v) is 6.42. The summed E-state index contributed by atoms with van der Waals surface area (Å²) >= 11 is 0. The van der Waals surface area contributed by atoms with Crippen LogP contribution in [0.4, 0.5) is 0 Å². The number of Topliss-reactive ketones (excluding diaryl/α,β-unsaturated/α-hetero) is 1.